The first-order valence-electron chi connectivity index (χ1n) is 5.97. The van der Waals surface area contributed by atoms with Crippen LogP contribution in [0.1, 0.15) is 32.6 Å². The number of rotatable bonds is 7. The van der Waals surface area contributed by atoms with Crippen molar-refractivity contribution in [3.8, 4) is 5.75 Å². The van der Waals surface area contributed by atoms with Gasteiger partial charge in [-0.05, 0) is 30.7 Å². The Morgan fingerprint density at radius 2 is 1.71 bits per heavy atom. The minimum atomic E-state index is -3.12. The van der Waals surface area contributed by atoms with Gasteiger partial charge in [0.25, 0.3) is 0 Å². The molecule has 0 aliphatic carbocycles. The van der Waals surface area contributed by atoms with Crippen LogP contribution in [0, 0.1) is 0 Å². The maximum Gasteiger partial charge on any atom is 0.178 e. The van der Waals surface area contributed by atoms with Crippen LogP contribution in [0.5, 0.6) is 5.75 Å². The van der Waals surface area contributed by atoms with E-state index in [2.05, 4.69) is 6.92 Å². The van der Waals surface area contributed by atoms with Crippen LogP contribution >= 0.6 is 0 Å². The molecule has 0 unspecified atom stereocenters. The standard InChI is InChI=1S/C13H20O3S/c1-3-4-5-6-11-17(14,15)13-9-7-12(16-2)8-10-13/h7-10H,3-6,11H2,1-2H3. The number of hydrogen-bond acceptors (Lipinski definition) is 3. The highest BCUT2D eigenvalue weighted by molar-refractivity contribution is 7.91. The first-order valence-corrected chi connectivity index (χ1v) is 7.62. The Morgan fingerprint density at radius 3 is 2.24 bits per heavy atom. The third-order valence-corrected chi connectivity index (χ3v) is 4.50. The topological polar surface area (TPSA) is 43.4 Å². The summed E-state index contributed by atoms with van der Waals surface area (Å²) in [7, 11) is -1.56. The second-order valence-electron chi connectivity index (χ2n) is 4.06. The summed E-state index contributed by atoms with van der Waals surface area (Å²) in [6.07, 6.45) is 3.93. The van der Waals surface area contributed by atoms with Gasteiger partial charge in [-0.2, -0.15) is 0 Å². The molecule has 96 valence electrons. The Kier molecular flexibility index (Phi) is 5.48. The van der Waals surface area contributed by atoms with Crippen molar-refractivity contribution < 1.29 is 13.2 Å². The van der Waals surface area contributed by atoms with Crippen LogP contribution in [-0.2, 0) is 9.84 Å². The molecule has 0 N–H and O–H groups in total. The molecule has 0 aliphatic rings. The smallest absolute Gasteiger partial charge is 0.178 e. The highest BCUT2D eigenvalue weighted by Gasteiger charge is 2.13. The molecule has 0 spiro atoms. The molecule has 0 aromatic heterocycles. The van der Waals surface area contributed by atoms with Gasteiger partial charge in [-0.1, -0.05) is 26.2 Å². The van der Waals surface area contributed by atoms with Gasteiger partial charge >= 0.3 is 0 Å². The Bertz CT molecular complexity index is 420. The van der Waals surface area contributed by atoms with Gasteiger partial charge in [0.2, 0.25) is 0 Å². The van der Waals surface area contributed by atoms with E-state index in [1.165, 1.54) is 0 Å². The lowest BCUT2D eigenvalue weighted by Gasteiger charge is -2.05. The molecule has 4 heteroatoms. The Labute approximate surface area is 104 Å². The van der Waals surface area contributed by atoms with Gasteiger partial charge in [0.15, 0.2) is 9.84 Å². The van der Waals surface area contributed by atoms with Crippen molar-refractivity contribution in [2.24, 2.45) is 0 Å². The van der Waals surface area contributed by atoms with Crippen molar-refractivity contribution in [3.05, 3.63) is 24.3 Å². The van der Waals surface area contributed by atoms with E-state index >= 15 is 0 Å². The lowest BCUT2D eigenvalue weighted by molar-refractivity contribution is 0.414. The highest BCUT2D eigenvalue weighted by Crippen LogP contribution is 2.17. The number of methoxy groups -OCH3 is 1. The average molecular weight is 256 g/mol. The minimum absolute atomic E-state index is 0.235. The van der Waals surface area contributed by atoms with Crippen molar-refractivity contribution in [2.75, 3.05) is 12.9 Å². The molecule has 0 saturated heterocycles. The molecule has 1 rings (SSSR count). The van der Waals surface area contributed by atoms with Gasteiger partial charge in [-0.25, -0.2) is 8.42 Å². The first-order chi connectivity index (χ1) is 8.10. The number of sulfone groups is 1. The predicted molar refractivity (Wildman–Crippen MR) is 69.2 cm³/mol. The molecule has 0 fully saturated rings. The second-order valence-corrected chi connectivity index (χ2v) is 6.16. The third kappa shape index (κ3) is 4.38. The summed E-state index contributed by atoms with van der Waals surface area (Å²) in [6.45, 7) is 2.11. The van der Waals surface area contributed by atoms with E-state index < -0.39 is 9.84 Å². The average Bonchev–Trinajstić information content (AvgIpc) is 2.35. The van der Waals surface area contributed by atoms with Crippen molar-refractivity contribution >= 4 is 9.84 Å². The van der Waals surface area contributed by atoms with E-state index in [0.717, 1.165) is 25.7 Å². The van der Waals surface area contributed by atoms with E-state index in [4.69, 9.17) is 4.74 Å². The molecule has 0 heterocycles. The molecular weight excluding hydrogens is 236 g/mol. The van der Waals surface area contributed by atoms with E-state index in [9.17, 15) is 8.42 Å². The Balaban J connectivity index is 2.62. The predicted octanol–water partition coefficient (Wildman–Crippen LogP) is 3.05. The zero-order valence-corrected chi connectivity index (χ0v) is 11.3. The molecule has 0 bridgehead atoms. The maximum absolute atomic E-state index is 12.0. The summed E-state index contributed by atoms with van der Waals surface area (Å²) in [5.41, 5.74) is 0. The summed E-state index contributed by atoms with van der Waals surface area (Å²) in [4.78, 5) is 0.384. The number of unbranched alkanes of at least 4 members (excludes halogenated alkanes) is 3. The minimum Gasteiger partial charge on any atom is -0.497 e. The normalized spacial score (nSPS) is 11.4. The summed E-state index contributed by atoms with van der Waals surface area (Å²) in [5.74, 6) is 0.911. The second kappa shape index (κ2) is 6.64. The van der Waals surface area contributed by atoms with E-state index in [1.807, 2.05) is 0 Å². The molecule has 1 aromatic rings. The van der Waals surface area contributed by atoms with Gasteiger partial charge in [0, 0.05) is 0 Å². The highest BCUT2D eigenvalue weighted by atomic mass is 32.2. The molecule has 0 radical (unpaired) electrons. The van der Waals surface area contributed by atoms with E-state index in [0.29, 0.717) is 10.6 Å². The quantitative estimate of drug-likeness (QED) is 0.704. The van der Waals surface area contributed by atoms with Crippen LogP contribution in [-0.4, -0.2) is 21.3 Å². The first kappa shape index (κ1) is 14.0. The summed E-state index contributed by atoms with van der Waals surface area (Å²) in [6, 6.07) is 6.57. The Morgan fingerprint density at radius 1 is 1.06 bits per heavy atom. The lowest BCUT2D eigenvalue weighted by Crippen LogP contribution is -2.06. The molecule has 0 aliphatic heterocycles. The number of ether oxygens (including phenoxy) is 1. The molecule has 17 heavy (non-hydrogen) atoms. The molecule has 1 aromatic carbocycles. The zero-order chi connectivity index (χ0) is 12.7. The van der Waals surface area contributed by atoms with Crippen molar-refractivity contribution in [1.82, 2.24) is 0 Å². The van der Waals surface area contributed by atoms with Crippen LogP contribution in [0.2, 0.25) is 0 Å². The van der Waals surface area contributed by atoms with Crippen LogP contribution in [0.3, 0.4) is 0 Å². The molecule has 3 nitrogen and oxygen atoms in total. The number of hydrogen-bond donors (Lipinski definition) is 0. The fraction of sp³-hybridized carbons (Fsp3) is 0.538. The van der Waals surface area contributed by atoms with Crippen molar-refractivity contribution in [3.63, 3.8) is 0 Å². The monoisotopic (exact) mass is 256 g/mol. The van der Waals surface area contributed by atoms with Gasteiger partial charge in [0.1, 0.15) is 5.75 Å². The summed E-state index contributed by atoms with van der Waals surface area (Å²) >= 11 is 0. The van der Waals surface area contributed by atoms with Gasteiger partial charge in [0.05, 0.1) is 17.8 Å². The van der Waals surface area contributed by atoms with Crippen LogP contribution in [0.25, 0.3) is 0 Å². The fourth-order valence-electron chi connectivity index (χ4n) is 1.62. The third-order valence-electron chi connectivity index (χ3n) is 2.69. The van der Waals surface area contributed by atoms with Crippen molar-refractivity contribution in [2.45, 2.75) is 37.5 Å². The van der Waals surface area contributed by atoms with Crippen LogP contribution in [0.4, 0.5) is 0 Å². The zero-order valence-electron chi connectivity index (χ0n) is 10.5. The SMILES string of the molecule is CCCCCCS(=O)(=O)c1ccc(OC)cc1. The molecule has 0 amide bonds. The van der Waals surface area contributed by atoms with Crippen LogP contribution in [0.15, 0.2) is 29.2 Å². The largest absolute Gasteiger partial charge is 0.497 e. The van der Waals surface area contributed by atoms with Gasteiger partial charge in [-0.3, -0.25) is 0 Å². The Hall–Kier alpha value is -1.03. The summed E-state index contributed by atoms with van der Waals surface area (Å²) in [5, 5.41) is 0. The molecular formula is C13H20O3S. The molecule has 0 atom stereocenters. The van der Waals surface area contributed by atoms with Crippen molar-refractivity contribution in [1.29, 1.82) is 0 Å². The molecule has 0 saturated carbocycles. The van der Waals surface area contributed by atoms with Gasteiger partial charge < -0.3 is 4.74 Å². The number of benzene rings is 1. The van der Waals surface area contributed by atoms with Gasteiger partial charge in [-0.15, -0.1) is 0 Å². The lowest BCUT2D eigenvalue weighted by atomic mass is 10.2. The van der Waals surface area contributed by atoms with E-state index in [1.54, 1.807) is 31.4 Å². The van der Waals surface area contributed by atoms with Crippen LogP contribution < -0.4 is 4.74 Å². The maximum atomic E-state index is 12.0. The fourth-order valence-corrected chi connectivity index (χ4v) is 2.99. The summed E-state index contributed by atoms with van der Waals surface area (Å²) < 4.78 is 28.9. The van der Waals surface area contributed by atoms with E-state index in [-0.39, 0.29) is 5.75 Å².